The number of aryl methyl sites for hydroxylation is 1. The lowest BCUT2D eigenvalue weighted by Crippen LogP contribution is -2.27. The van der Waals surface area contributed by atoms with Crippen molar-refractivity contribution in [3.8, 4) is 0 Å². The van der Waals surface area contributed by atoms with Crippen LogP contribution in [0, 0.1) is 0 Å². The summed E-state index contributed by atoms with van der Waals surface area (Å²) in [4.78, 5) is 31.9. The van der Waals surface area contributed by atoms with Crippen LogP contribution in [0.25, 0.3) is 22.1 Å². The van der Waals surface area contributed by atoms with Gasteiger partial charge in [0.2, 0.25) is 5.91 Å². The molecule has 1 amide bonds. The fraction of sp³-hybridized carbons (Fsp3) is 0.250. The smallest absolute Gasteiger partial charge is 0.408 e. The van der Waals surface area contributed by atoms with Crippen molar-refractivity contribution in [3.05, 3.63) is 64.9 Å². The predicted octanol–water partition coefficient (Wildman–Crippen LogP) is 3.13. The summed E-state index contributed by atoms with van der Waals surface area (Å²) in [6.45, 7) is 2.33. The van der Waals surface area contributed by atoms with Crippen LogP contribution in [0.15, 0.2) is 57.7 Å². The fourth-order valence-electron chi connectivity index (χ4n) is 3.18. The molecule has 4 rings (SSSR count). The summed E-state index contributed by atoms with van der Waals surface area (Å²) in [5, 5.41) is 2.95. The van der Waals surface area contributed by atoms with Gasteiger partial charge < -0.3 is 14.7 Å². The van der Waals surface area contributed by atoms with Crippen molar-refractivity contribution in [2.45, 2.75) is 32.4 Å². The van der Waals surface area contributed by atoms with Crippen molar-refractivity contribution in [3.63, 3.8) is 0 Å². The van der Waals surface area contributed by atoms with E-state index in [1.165, 1.54) is 0 Å². The minimum Gasteiger partial charge on any atom is -0.408 e. The van der Waals surface area contributed by atoms with Crippen LogP contribution in [-0.2, 0) is 11.3 Å². The summed E-state index contributed by atoms with van der Waals surface area (Å²) in [6, 6.07) is 14.8. The van der Waals surface area contributed by atoms with E-state index < -0.39 is 5.76 Å². The average Bonchev–Trinajstić information content (AvgIpc) is 3.23. The Balaban J connectivity index is 1.35. The lowest BCUT2D eigenvalue weighted by Gasteiger charge is -2.11. The predicted molar refractivity (Wildman–Crippen MR) is 102 cm³/mol. The molecule has 0 spiro atoms. The van der Waals surface area contributed by atoms with Gasteiger partial charge in [-0.25, -0.2) is 9.78 Å². The maximum atomic E-state index is 12.3. The van der Waals surface area contributed by atoms with Crippen molar-refractivity contribution >= 4 is 28.0 Å². The van der Waals surface area contributed by atoms with Crippen LogP contribution < -0.4 is 11.1 Å². The van der Waals surface area contributed by atoms with Gasteiger partial charge in [-0.3, -0.25) is 9.36 Å². The van der Waals surface area contributed by atoms with E-state index in [1.807, 2.05) is 49.4 Å². The van der Waals surface area contributed by atoms with Gasteiger partial charge in [-0.2, -0.15) is 0 Å². The Hall–Kier alpha value is -3.35. The van der Waals surface area contributed by atoms with Crippen LogP contribution in [0.4, 0.5) is 0 Å². The number of aromatic nitrogens is 3. The summed E-state index contributed by atoms with van der Waals surface area (Å²) >= 11 is 0. The number of amides is 1. The molecule has 0 bridgehead atoms. The SMILES string of the molecule is C[C@H](NC(=O)CCCn1c(=O)oc2ccccc21)c1nc2ccccc2[nH]1. The van der Waals surface area contributed by atoms with Crippen LogP contribution in [0.3, 0.4) is 0 Å². The van der Waals surface area contributed by atoms with E-state index in [9.17, 15) is 9.59 Å². The fourth-order valence-corrected chi connectivity index (χ4v) is 3.18. The first kappa shape index (κ1) is 17.1. The number of carbonyl (C=O) groups is 1. The first-order chi connectivity index (χ1) is 13.1. The van der Waals surface area contributed by atoms with Gasteiger partial charge >= 0.3 is 5.76 Å². The number of nitrogens with zero attached hydrogens (tertiary/aromatic N) is 2. The van der Waals surface area contributed by atoms with Gasteiger partial charge in [-0.1, -0.05) is 24.3 Å². The molecule has 0 saturated heterocycles. The zero-order valence-corrected chi connectivity index (χ0v) is 14.9. The van der Waals surface area contributed by atoms with E-state index in [2.05, 4.69) is 15.3 Å². The van der Waals surface area contributed by atoms with E-state index in [0.717, 1.165) is 22.4 Å². The third-order valence-electron chi connectivity index (χ3n) is 4.55. The van der Waals surface area contributed by atoms with Crippen LogP contribution in [-0.4, -0.2) is 20.4 Å². The molecule has 0 unspecified atom stereocenters. The first-order valence-electron chi connectivity index (χ1n) is 8.94. The van der Waals surface area contributed by atoms with E-state index in [1.54, 1.807) is 10.6 Å². The third-order valence-corrected chi connectivity index (χ3v) is 4.55. The summed E-state index contributed by atoms with van der Waals surface area (Å²) in [5.41, 5.74) is 3.13. The van der Waals surface area contributed by atoms with E-state index >= 15 is 0 Å². The summed E-state index contributed by atoms with van der Waals surface area (Å²) in [5.74, 6) is 0.248. The highest BCUT2D eigenvalue weighted by molar-refractivity contribution is 5.77. The van der Waals surface area contributed by atoms with Crippen molar-refractivity contribution in [2.24, 2.45) is 0 Å². The second-order valence-corrected chi connectivity index (χ2v) is 6.52. The van der Waals surface area contributed by atoms with E-state index in [4.69, 9.17) is 4.42 Å². The Morgan fingerprint density at radius 2 is 2.00 bits per heavy atom. The molecule has 0 aliphatic rings. The highest BCUT2D eigenvalue weighted by atomic mass is 16.4. The number of hydrogen-bond donors (Lipinski definition) is 2. The van der Waals surface area contributed by atoms with Crippen molar-refractivity contribution in [2.75, 3.05) is 0 Å². The molecule has 4 aromatic rings. The highest BCUT2D eigenvalue weighted by Gasteiger charge is 2.14. The molecule has 2 heterocycles. The van der Waals surface area contributed by atoms with Crippen molar-refractivity contribution in [1.29, 1.82) is 0 Å². The van der Waals surface area contributed by atoms with Gasteiger partial charge in [0.05, 0.1) is 22.6 Å². The van der Waals surface area contributed by atoms with Crippen molar-refractivity contribution < 1.29 is 9.21 Å². The molecule has 0 aliphatic heterocycles. The van der Waals surface area contributed by atoms with Crippen LogP contribution in [0.5, 0.6) is 0 Å². The molecular weight excluding hydrogens is 344 g/mol. The number of hydrogen-bond acceptors (Lipinski definition) is 4. The zero-order valence-electron chi connectivity index (χ0n) is 14.9. The molecule has 2 aromatic heterocycles. The normalized spacial score (nSPS) is 12.5. The number of oxazole rings is 1. The Bertz CT molecular complexity index is 1120. The van der Waals surface area contributed by atoms with Crippen LogP contribution >= 0.6 is 0 Å². The average molecular weight is 364 g/mol. The number of imidazole rings is 1. The molecule has 2 N–H and O–H groups in total. The Labute approximate surface area is 155 Å². The van der Waals surface area contributed by atoms with Gasteiger partial charge in [0, 0.05) is 13.0 Å². The third kappa shape index (κ3) is 3.48. The number of benzene rings is 2. The molecule has 0 radical (unpaired) electrons. The quantitative estimate of drug-likeness (QED) is 0.550. The minimum atomic E-state index is -0.396. The van der Waals surface area contributed by atoms with Crippen LogP contribution in [0.1, 0.15) is 31.6 Å². The number of nitrogens with one attached hydrogen (secondary N) is 2. The van der Waals surface area contributed by atoms with Gasteiger partial charge in [0.15, 0.2) is 5.58 Å². The number of fused-ring (bicyclic) bond motifs is 2. The van der Waals surface area contributed by atoms with Gasteiger partial charge in [-0.05, 0) is 37.6 Å². The maximum absolute atomic E-state index is 12.3. The monoisotopic (exact) mass is 364 g/mol. The molecule has 0 aliphatic carbocycles. The number of H-pyrrole nitrogens is 1. The number of para-hydroxylation sites is 4. The van der Waals surface area contributed by atoms with Gasteiger partial charge in [0.1, 0.15) is 5.82 Å². The highest BCUT2D eigenvalue weighted by Crippen LogP contribution is 2.16. The number of rotatable bonds is 6. The molecule has 7 nitrogen and oxygen atoms in total. The minimum absolute atomic E-state index is 0.0798. The molecular formula is C20H20N4O3. The molecule has 2 aromatic carbocycles. The van der Waals surface area contributed by atoms with E-state index in [0.29, 0.717) is 25.0 Å². The zero-order chi connectivity index (χ0) is 18.8. The van der Waals surface area contributed by atoms with Crippen molar-refractivity contribution in [1.82, 2.24) is 19.9 Å². The molecule has 1 atom stereocenters. The number of aromatic amines is 1. The van der Waals surface area contributed by atoms with Gasteiger partial charge in [0.25, 0.3) is 0 Å². The maximum Gasteiger partial charge on any atom is 0.419 e. The Morgan fingerprint density at radius 3 is 2.85 bits per heavy atom. The topological polar surface area (TPSA) is 92.9 Å². The van der Waals surface area contributed by atoms with Crippen LogP contribution in [0.2, 0.25) is 0 Å². The second-order valence-electron chi connectivity index (χ2n) is 6.52. The molecule has 0 fully saturated rings. The standard InChI is InChI=1S/C20H20N4O3/c1-13(19-22-14-7-2-3-8-15(14)23-19)21-18(25)11-6-12-24-16-9-4-5-10-17(16)27-20(24)26/h2-5,7-10,13H,6,11-12H2,1H3,(H,21,25)(H,22,23)/t13-/m0/s1. The first-order valence-corrected chi connectivity index (χ1v) is 8.94. The lowest BCUT2D eigenvalue weighted by atomic mass is 10.2. The Kier molecular flexibility index (Phi) is 4.50. The van der Waals surface area contributed by atoms with Gasteiger partial charge in [-0.15, -0.1) is 0 Å². The molecule has 27 heavy (non-hydrogen) atoms. The second kappa shape index (κ2) is 7.11. The summed E-state index contributed by atoms with van der Waals surface area (Å²) in [6.07, 6.45) is 0.860. The summed E-state index contributed by atoms with van der Waals surface area (Å²) in [7, 11) is 0. The van der Waals surface area contributed by atoms with E-state index in [-0.39, 0.29) is 11.9 Å². The molecule has 0 saturated carbocycles. The summed E-state index contributed by atoms with van der Waals surface area (Å²) < 4.78 is 6.76. The lowest BCUT2D eigenvalue weighted by molar-refractivity contribution is -0.121. The molecule has 7 heteroatoms. The largest absolute Gasteiger partial charge is 0.419 e. The molecule has 138 valence electrons. The Morgan fingerprint density at radius 1 is 1.22 bits per heavy atom. The number of carbonyl (C=O) groups excluding carboxylic acids is 1.